The van der Waals surface area contributed by atoms with E-state index in [-0.39, 0.29) is 4.21 Å². The molecule has 0 bridgehead atoms. The smallest absolute Gasteiger partial charge is 0.324 e. The molecule has 0 saturated carbocycles. The predicted molar refractivity (Wildman–Crippen MR) is 98.8 cm³/mol. The molecule has 2 heterocycles. The maximum Gasteiger partial charge on any atom is 0.324 e. The molecule has 0 aliphatic carbocycles. The SMILES string of the molecule is Cc1ccc(-c2cc(-c3ccc(S(=O)(=O)NC(CO)C(=O)O)s3)on2)cc1. The van der Waals surface area contributed by atoms with Crippen molar-refractivity contribution in [3.63, 3.8) is 0 Å². The topological polar surface area (TPSA) is 130 Å². The van der Waals surface area contributed by atoms with Gasteiger partial charge in [-0.2, -0.15) is 4.72 Å². The first kappa shape index (κ1) is 19.2. The Morgan fingerprint density at radius 1 is 1.26 bits per heavy atom. The Morgan fingerprint density at radius 3 is 2.59 bits per heavy atom. The number of sulfonamides is 1. The summed E-state index contributed by atoms with van der Waals surface area (Å²) in [4.78, 5) is 11.4. The Labute approximate surface area is 159 Å². The van der Waals surface area contributed by atoms with Crippen molar-refractivity contribution in [1.29, 1.82) is 0 Å². The lowest BCUT2D eigenvalue weighted by atomic mass is 10.1. The zero-order valence-corrected chi connectivity index (χ0v) is 15.8. The first-order valence-electron chi connectivity index (χ1n) is 7.80. The summed E-state index contributed by atoms with van der Waals surface area (Å²) in [6, 6.07) is 10.7. The number of nitrogens with one attached hydrogen (secondary N) is 1. The molecular weight excluding hydrogens is 392 g/mol. The summed E-state index contributed by atoms with van der Waals surface area (Å²) in [7, 11) is -4.09. The second-order valence-electron chi connectivity index (χ2n) is 5.76. The van der Waals surface area contributed by atoms with Crippen LogP contribution in [0.15, 0.2) is 51.2 Å². The number of aryl methyl sites for hydroxylation is 1. The van der Waals surface area contributed by atoms with Crippen molar-refractivity contribution >= 4 is 27.3 Å². The summed E-state index contributed by atoms with van der Waals surface area (Å²) in [5, 5.41) is 21.9. The molecule has 2 aromatic heterocycles. The normalized spacial score (nSPS) is 12.8. The number of aliphatic hydroxyl groups is 1. The number of aliphatic hydroxyl groups excluding tert-OH is 1. The van der Waals surface area contributed by atoms with Crippen LogP contribution in [0.25, 0.3) is 21.9 Å². The van der Waals surface area contributed by atoms with Crippen LogP contribution in [0.4, 0.5) is 0 Å². The fourth-order valence-electron chi connectivity index (χ4n) is 2.26. The molecule has 0 fully saturated rings. The van der Waals surface area contributed by atoms with Crippen LogP contribution < -0.4 is 4.72 Å². The third-order valence-corrected chi connectivity index (χ3v) is 6.79. The van der Waals surface area contributed by atoms with Crippen LogP contribution in [0, 0.1) is 6.92 Å². The van der Waals surface area contributed by atoms with Crippen LogP contribution >= 0.6 is 11.3 Å². The Morgan fingerprint density at radius 2 is 1.96 bits per heavy atom. The number of carboxylic acid groups (broad SMARTS) is 1. The standard InChI is InChI=1S/C17H16N2O6S2/c1-10-2-4-11(5-3-10)12-8-14(25-18-12)15-6-7-16(26-15)27(23,24)19-13(9-20)17(21)22/h2-8,13,19-20H,9H2,1H3,(H,21,22). The lowest BCUT2D eigenvalue weighted by Crippen LogP contribution is -2.42. The van der Waals surface area contributed by atoms with Crippen LogP contribution in [0.5, 0.6) is 0 Å². The highest BCUT2D eigenvalue weighted by Crippen LogP contribution is 2.33. The lowest BCUT2D eigenvalue weighted by Gasteiger charge is -2.10. The molecule has 27 heavy (non-hydrogen) atoms. The van der Waals surface area contributed by atoms with Crippen LogP contribution in [0.3, 0.4) is 0 Å². The van der Waals surface area contributed by atoms with Crippen molar-refractivity contribution < 1.29 is 27.9 Å². The van der Waals surface area contributed by atoms with Crippen molar-refractivity contribution in [3.8, 4) is 21.9 Å². The number of thiophene rings is 1. The average molecular weight is 408 g/mol. The van der Waals surface area contributed by atoms with Gasteiger partial charge in [0, 0.05) is 11.6 Å². The molecular formula is C17H16N2O6S2. The van der Waals surface area contributed by atoms with E-state index in [1.54, 1.807) is 12.1 Å². The maximum absolute atomic E-state index is 12.3. The number of carbonyl (C=O) groups is 1. The van der Waals surface area contributed by atoms with Gasteiger partial charge in [0.15, 0.2) is 5.76 Å². The zero-order valence-electron chi connectivity index (χ0n) is 14.1. The van der Waals surface area contributed by atoms with Crippen LogP contribution in [-0.4, -0.2) is 42.4 Å². The number of aliphatic carboxylic acids is 1. The number of hydrogen-bond acceptors (Lipinski definition) is 7. The highest BCUT2D eigenvalue weighted by atomic mass is 32.2. The fraction of sp³-hybridized carbons (Fsp3) is 0.176. The van der Waals surface area contributed by atoms with E-state index in [2.05, 4.69) is 5.16 Å². The molecule has 0 radical (unpaired) electrons. The first-order chi connectivity index (χ1) is 12.8. The molecule has 0 aliphatic heterocycles. The van der Waals surface area contributed by atoms with E-state index in [0.29, 0.717) is 16.3 Å². The van der Waals surface area contributed by atoms with E-state index in [1.807, 2.05) is 35.9 Å². The van der Waals surface area contributed by atoms with Gasteiger partial charge in [0.05, 0.1) is 11.5 Å². The molecule has 1 aromatic carbocycles. The molecule has 0 amide bonds. The van der Waals surface area contributed by atoms with Crippen LogP contribution in [0.2, 0.25) is 0 Å². The minimum absolute atomic E-state index is 0.0921. The van der Waals surface area contributed by atoms with E-state index < -0.39 is 28.6 Å². The van der Waals surface area contributed by atoms with E-state index >= 15 is 0 Å². The molecule has 1 atom stereocenters. The molecule has 142 valence electrons. The van der Waals surface area contributed by atoms with Gasteiger partial charge in [-0.25, -0.2) is 8.42 Å². The summed E-state index contributed by atoms with van der Waals surface area (Å²) in [5.74, 6) is -1.07. The predicted octanol–water partition coefficient (Wildman–Crippen LogP) is 2.10. The molecule has 10 heteroatoms. The number of hydrogen-bond donors (Lipinski definition) is 3. The average Bonchev–Trinajstić information content (AvgIpc) is 3.29. The number of aromatic nitrogens is 1. The number of nitrogens with zero attached hydrogens (tertiary/aromatic N) is 1. The zero-order chi connectivity index (χ0) is 19.6. The second kappa shape index (κ2) is 7.61. The lowest BCUT2D eigenvalue weighted by molar-refractivity contribution is -0.139. The molecule has 3 rings (SSSR count). The van der Waals surface area contributed by atoms with Gasteiger partial charge in [-0.05, 0) is 19.1 Å². The van der Waals surface area contributed by atoms with E-state index in [9.17, 15) is 13.2 Å². The first-order valence-corrected chi connectivity index (χ1v) is 10.1. The summed E-state index contributed by atoms with van der Waals surface area (Å²) < 4.78 is 31.7. The van der Waals surface area contributed by atoms with Gasteiger partial charge in [-0.3, -0.25) is 4.79 Å². The Hall–Kier alpha value is -2.53. The second-order valence-corrected chi connectivity index (χ2v) is 8.78. The molecule has 3 N–H and O–H groups in total. The van der Waals surface area contributed by atoms with Gasteiger partial charge in [0.2, 0.25) is 0 Å². The van der Waals surface area contributed by atoms with Crippen molar-refractivity contribution in [1.82, 2.24) is 9.88 Å². The number of carboxylic acids is 1. The maximum atomic E-state index is 12.3. The highest BCUT2D eigenvalue weighted by Gasteiger charge is 2.26. The van der Waals surface area contributed by atoms with Crippen molar-refractivity contribution in [2.45, 2.75) is 17.2 Å². The van der Waals surface area contributed by atoms with Crippen LogP contribution in [0.1, 0.15) is 5.56 Å². The Kier molecular flexibility index (Phi) is 5.42. The van der Waals surface area contributed by atoms with Crippen molar-refractivity contribution in [2.24, 2.45) is 0 Å². The quantitative estimate of drug-likeness (QED) is 0.546. The van der Waals surface area contributed by atoms with Gasteiger partial charge in [0.25, 0.3) is 10.0 Å². The van der Waals surface area contributed by atoms with Gasteiger partial charge >= 0.3 is 5.97 Å². The van der Waals surface area contributed by atoms with E-state index in [4.69, 9.17) is 14.7 Å². The van der Waals surface area contributed by atoms with Gasteiger partial charge < -0.3 is 14.7 Å². The minimum atomic E-state index is -4.09. The highest BCUT2D eigenvalue weighted by molar-refractivity contribution is 7.91. The Bertz CT molecular complexity index is 1050. The summed E-state index contributed by atoms with van der Waals surface area (Å²) in [6.45, 7) is 1.13. The van der Waals surface area contributed by atoms with Crippen molar-refractivity contribution in [3.05, 3.63) is 48.0 Å². The molecule has 0 saturated heterocycles. The largest absolute Gasteiger partial charge is 0.480 e. The summed E-state index contributed by atoms with van der Waals surface area (Å²) in [5.41, 5.74) is 2.60. The third-order valence-electron chi connectivity index (χ3n) is 3.72. The van der Waals surface area contributed by atoms with Crippen molar-refractivity contribution in [2.75, 3.05) is 6.61 Å². The molecule has 0 aliphatic rings. The molecule has 1 unspecified atom stereocenters. The summed E-state index contributed by atoms with van der Waals surface area (Å²) >= 11 is 0.909. The third kappa shape index (κ3) is 4.25. The number of rotatable bonds is 7. The van der Waals surface area contributed by atoms with Gasteiger partial charge in [-0.1, -0.05) is 35.0 Å². The molecule has 0 spiro atoms. The molecule has 8 nitrogen and oxygen atoms in total. The molecule has 3 aromatic rings. The van der Waals surface area contributed by atoms with E-state index in [1.165, 1.54) is 6.07 Å². The van der Waals surface area contributed by atoms with Gasteiger partial charge in [-0.15, -0.1) is 11.3 Å². The fourth-order valence-corrected chi connectivity index (χ4v) is 4.71. The monoisotopic (exact) mass is 408 g/mol. The van der Waals surface area contributed by atoms with E-state index in [0.717, 1.165) is 22.5 Å². The Balaban J connectivity index is 1.84. The summed E-state index contributed by atoms with van der Waals surface area (Å²) in [6.07, 6.45) is 0. The number of benzene rings is 1. The minimum Gasteiger partial charge on any atom is -0.480 e. The van der Waals surface area contributed by atoms with Crippen LogP contribution in [-0.2, 0) is 14.8 Å². The van der Waals surface area contributed by atoms with Gasteiger partial charge in [0.1, 0.15) is 15.9 Å².